The Morgan fingerprint density at radius 3 is 2.25 bits per heavy atom. The van der Waals surface area contributed by atoms with E-state index in [4.69, 9.17) is 5.73 Å². The van der Waals surface area contributed by atoms with Crippen LogP contribution < -0.4 is 5.73 Å². The van der Waals surface area contributed by atoms with Gasteiger partial charge in [0.2, 0.25) is 0 Å². The molecule has 12 heavy (non-hydrogen) atoms. The summed E-state index contributed by atoms with van der Waals surface area (Å²) in [6.45, 7) is 6.53. The lowest BCUT2D eigenvalue weighted by Crippen LogP contribution is -2.43. The van der Waals surface area contributed by atoms with Crippen LogP contribution in [0.4, 0.5) is 4.79 Å². The van der Waals surface area contributed by atoms with Crippen LogP contribution in [-0.2, 0) is 0 Å². The van der Waals surface area contributed by atoms with Gasteiger partial charge in [-0.1, -0.05) is 0 Å². The monoisotopic (exact) mass is 173 g/mol. The van der Waals surface area contributed by atoms with E-state index in [9.17, 15) is 4.79 Å². The minimum Gasteiger partial charge on any atom is -0.329 e. The van der Waals surface area contributed by atoms with E-state index in [1.165, 1.54) is 0 Å². The van der Waals surface area contributed by atoms with Crippen LogP contribution >= 0.6 is 0 Å². The molecule has 0 aromatic carbocycles. The normalized spacial score (nSPS) is 9.67. The number of rotatable bonds is 4. The molecular weight excluding hydrogens is 154 g/mol. The van der Waals surface area contributed by atoms with Crippen LogP contribution in [0, 0.1) is 0 Å². The molecule has 0 unspecified atom stereocenters. The van der Waals surface area contributed by atoms with Crippen molar-refractivity contribution >= 4 is 6.03 Å². The third-order valence-corrected chi connectivity index (χ3v) is 1.85. The van der Waals surface area contributed by atoms with Crippen molar-refractivity contribution in [1.82, 2.24) is 9.80 Å². The molecule has 0 heterocycles. The topological polar surface area (TPSA) is 49.6 Å². The lowest BCUT2D eigenvalue weighted by atomic mass is 10.5. The van der Waals surface area contributed by atoms with E-state index in [-0.39, 0.29) is 6.03 Å². The van der Waals surface area contributed by atoms with Gasteiger partial charge in [-0.15, -0.1) is 0 Å². The maximum Gasteiger partial charge on any atom is 0.319 e. The smallest absolute Gasteiger partial charge is 0.319 e. The van der Waals surface area contributed by atoms with Crippen molar-refractivity contribution < 1.29 is 4.79 Å². The van der Waals surface area contributed by atoms with Crippen molar-refractivity contribution in [2.45, 2.75) is 13.8 Å². The van der Waals surface area contributed by atoms with Gasteiger partial charge in [-0.05, 0) is 13.8 Å². The Morgan fingerprint density at radius 2 is 1.92 bits per heavy atom. The van der Waals surface area contributed by atoms with Gasteiger partial charge in [-0.25, -0.2) is 4.79 Å². The first kappa shape index (κ1) is 11.2. The highest BCUT2D eigenvalue weighted by Gasteiger charge is 2.13. The van der Waals surface area contributed by atoms with Gasteiger partial charge in [-0.2, -0.15) is 0 Å². The number of carbonyl (C=O) groups is 1. The van der Waals surface area contributed by atoms with Gasteiger partial charge < -0.3 is 15.5 Å². The van der Waals surface area contributed by atoms with E-state index >= 15 is 0 Å². The highest BCUT2D eigenvalue weighted by atomic mass is 16.2. The molecule has 0 saturated heterocycles. The third-order valence-electron chi connectivity index (χ3n) is 1.85. The van der Waals surface area contributed by atoms with Crippen LogP contribution in [0.2, 0.25) is 0 Å². The first-order valence-electron chi connectivity index (χ1n) is 4.37. The average molecular weight is 173 g/mol. The second-order valence-electron chi connectivity index (χ2n) is 2.67. The first-order valence-corrected chi connectivity index (χ1v) is 4.37. The van der Waals surface area contributed by atoms with Gasteiger partial charge >= 0.3 is 6.03 Å². The third kappa shape index (κ3) is 3.09. The Morgan fingerprint density at radius 1 is 1.33 bits per heavy atom. The van der Waals surface area contributed by atoms with Gasteiger partial charge in [-0.3, -0.25) is 0 Å². The van der Waals surface area contributed by atoms with Crippen LogP contribution in [-0.4, -0.2) is 49.1 Å². The zero-order valence-electron chi connectivity index (χ0n) is 8.21. The molecular formula is C8H19N3O. The number of urea groups is 1. The number of hydrogen-bond acceptors (Lipinski definition) is 2. The Bertz CT molecular complexity index is 138. The summed E-state index contributed by atoms with van der Waals surface area (Å²) in [4.78, 5) is 14.9. The van der Waals surface area contributed by atoms with Gasteiger partial charge in [0.1, 0.15) is 0 Å². The molecule has 0 aliphatic heterocycles. The van der Waals surface area contributed by atoms with Crippen LogP contribution in [0.5, 0.6) is 0 Å². The molecule has 0 saturated carbocycles. The van der Waals surface area contributed by atoms with Gasteiger partial charge in [0.05, 0.1) is 0 Å². The van der Waals surface area contributed by atoms with E-state index in [1.807, 2.05) is 13.8 Å². The summed E-state index contributed by atoms with van der Waals surface area (Å²) in [5.41, 5.74) is 5.37. The molecule has 0 bridgehead atoms. The van der Waals surface area contributed by atoms with Crippen LogP contribution in [0.15, 0.2) is 0 Å². The molecule has 0 rings (SSSR count). The highest BCUT2D eigenvalue weighted by Crippen LogP contribution is 1.94. The molecule has 2 N–H and O–H groups in total. The summed E-state index contributed by atoms with van der Waals surface area (Å²) in [6, 6.07) is 0.0606. The zero-order chi connectivity index (χ0) is 9.56. The summed E-state index contributed by atoms with van der Waals surface area (Å²) in [5, 5.41) is 0. The SMILES string of the molecule is CCN(C)C(=O)N(CC)CCN. The molecule has 2 amide bonds. The van der Waals surface area contributed by atoms with Gasteiger partial charge in [0.25, 0.3) is 0 Å². The summed E-state index contributed by atoms with van der Waals surface area (Å²) in [7, 11) is 1.79. The maximum absolute atomic E-state index is 11.5. The lowest BCUT2D eigenvalue weighted by Gasteiger charge is -2.25. The summed E-state index contributed by atoms with van der Waals surface area (Å²) < 4.78 is 0. The van der Waals surface area contributed by atoms with E-state index in [0.717, 1.165) is 13.1 Å². The number of carbonyl (C=O) groups excluding carboxylic acids is 1. The largest absolute Gasteiger partial charge is 0.329 e. The maximum atomic E-state index is 11.5. The quantitative estimate of drug-likeness (QED) is 0.666. The fourth-order valence-corrected chi connectivity index (χ4v) is 0.922. The average Bonchev–Trinajstić information content (AvgIpc) is 2.11. The van der Waals surface area contributed by atoms with Crippen molar-refractivity contribution in [2.24, 2.45) is 5.73 Å². The number of likely N-dealkylation sites (N-methyl/N-ethyl adjacent to an activating group) is 1. The standard InChI is InChI=1S/C8H19N3O/c1-4-10(3)8(12)11(5-2)7-6-9/h4-7,9H2,1-3H3. The molecule has 0 aliphatic rings. The zero-order valence-corrected chi connectivity index (χ0v) is 8.21. The van der Waals surface area contributed by atoms with Crippen LogP contribution in [0.1, 0.15) is 13.8 Å². The Hall–Kier alpha value is -0.770. The number of nitrogens with two attached hydrogens (primary N) is 1. The predicted octanol–water partition coefficient (Wildman–Crippen LogP) is 0.339. The highest BCUT2D eigenvalue weighted by molar-refractivity contribution is 5.74. The van der Waals surface area contributed by atoms with Crippen LogP contribution in [0.3, 0.4) is 0 Å². The summed E-state index contributed by atoms with van der Waals surface area (Å²) in [6.07, 6.45) is 0. The van der Waals surface area contributed by atoms with E-state index in [0.29, 0.717) is 13.1 Å². The lowest BCUT2D eigenvalue weighted by molar-refractivity contribution is 0.168. The Kier molecular flexibility index (Phi) is 5.45. The van der Waals surface area contributed by atoms with E-state index in [1.54, 1.807) is 16.8 Å². The fraction of sp³-hybridized carbons (Fsp3) is 0.875. The molecule has 0 aromatic rings. The van der Waals surface area contributed by atoms with Crippen LogP contribution in [0.25, 0.3) is 0 Å². The molecule has 4 heteroatoms. The molecule has 0 spiro atoms. The molecule has 0 fully saturated rings. The van der Waals surface area contributed by atoms with E-state index < -0.39 is 0 Å². The Labute approximate surface area is 74.3 Å². The molecule has 0 aromatic heterocycles. The number of amides is 2. The van der Waals surface area contributed by atoms with Gasteiger partial charge in [0.15, 0.2) is 0 Å². The van der Waals surface area contributed by atoms with Crippen molar-refractivity contribution in [3.63, 3.8) is 0 Å². The first-order chi connectivity index (χ1) is 5.67. The minimum absolute atomic E-state index is 0.0606. The van der Waals surface area contributed by atoms with Crippen molar-refractivity contribution in [1.29, 1.82) is 0 Å². The van der Waals surface area contributed by atoms with Crippen molar-refractivity contribution in [3.8, 4) is 0 Å². The number of nitrogens with zero attached hydrogens (tertiary/aromatic N) is 2. The molecule has 4 nitrogen and oxygen atoms in total. The molecule has 0 aliphatic carbocycles. The molecule has 72 valence electrons. The summed E-state index contributed by atoms with van der Waals surface area (Å²) >= 11 is 0. The summed E-state index contributed by atoms with van der Waals surface area (Å²) in [5.74, 6) is 0. The second-order valence-corrected chi connectivity index (χ2v) is 2.67. The Balaban J connectivity index is 4.01. The second kappa shape index (κ2) is 5.83. The van der Waals surface area contributed by atoms with Gasteiger partial charge in [0, 0.05) is 33.2 Å². The minimum atomic E-state index is 0.0606. The molecule has 0 atom stereocenters. The fourth-order valence-electron chi connectivity index (χ4n) is 0.922. The van der Waals surface area contributed by atoms with E-state index in [2.05, 4.69) is 0 Å². The predicted molar refractivity (Wildman–Crippen MR) is 50.0 cm³/mol. The van der Waals surface area contributed by atoms with Crippen molar-refractivity contribution in [3.05, 3.63) is 0 Å². The van der Waals surface area contributed by atoms with Crippen molar-refractivity contribution in [2.75, 3.05) is 33.2 Å². The number of hydrogen-bond donors (Lipinski definition) is 1. The molecule has 0 radical (unpaired) electrons.